The molecule has 1 unspecified atom stereocenters. The Labute approximate surface area is 208 Å². The summed E-state index contributed by atoms with van der Waals surface area (Å²) in [6, 6.07) is 11.5. The number of aromatic nitrogens is 4. The average molecular weight is 492 g/mol. The molecule has 0 spiro atoms. The zero-order valence-corrected chi connectivity index (χ0v) is 20.7. The number of aliphatic hydroxyl groups excluding tert-OH is 1. The van der Waals surface area contributed by atoms with E-state index in [0.717, 1.165) is 48.4 Å². The molecule has 1 fully saturated rings. The predicted octanol–water partition coefficient (Wildman–Crippen LogP) is 3.48. The fourth-order valence-electron chi connectivity index (χ4n) is 4.23. The Hall–Kier alpha value is -3.21. The quantitative estimate of drug-likeness (QED) is 0.428. The number of ketones is 1. The second kappa shape index (κ2) is 10.2. The van der Waals surface area contributed by atoms with Crippen molar-refractivity contribution in [1.82, 2.24) is 25.1 Å². The summed E-state index contributed by atoms with van der Waals surface area (Å²) in [4.78, 5) is 27.1. The van der Waals surface area contributed by atoms with Crippen LogP contribution < -0.4 is 10.2 Å². The smallest absolute Gasteiger partial charge is 0.196 e. The fraction of sp³-hybridized carbons (Fsp3) is 0.360. The van der Waals surface area contributed by atoms with Crippen molar-refractivity contribution in [1.29, 1.82) is 0 Å². The van der Waals surface area contributed by atoms with E-state index >= 15 is 0 Å². The molecule has 3 heterocycles. The zero-order valence-electron chi connectivity index (χ0n) is 19.9. The number of aliphatic hydroxyl groups is 1. The van der Waals surface area contributed by atoms with Crippen LogP contribution in [0, 0.1) is 6.92 Å². The van der Waals surface area contributed by atoms with Gasteiger partial charge in [0, 0.05) is 55.2 Å². The Balaban J connectivity index is 1.37. The normalized spacial score (nSPS) is 17.5. The van der Waals surface area contributed by atoms with Crippen molar-refractivity contribution in [3.63, 3.8) is 0 Å². The minimum Gasteiger partial charge on any atom is -0.384 e. The number of aryl methyl sites for hydroxylation is 1. The van der Waals surface area contributed by atoms with Gasteiger partial charge in [0.1, 0.15) is 23.6 Å². The number of nitrogens with zero attached hydrogens (tertiary/aromatic N) is 5. The molecule has 3 N–H and O–H groups in total. The van der Waals surface area contributed by atoms with Gasteiger partial charge in [-0.1, -0.05) is 18.2 Å². The van der Waals surface area contributed by atoms with Crippen molar-refractivity contribution in [2.75, 3.05) is 43.4 Å². The highest BCUT2D eigenvalue weighted by molar-refractivity contribution is 7.99. The lowest BCUT2D eigenvalue weighted by Gasteiger charge is -2.33. The molecular formula is C25H29N7O2S. The van der Waals surface area contributed by atoms with E-state index in [1.807, 2.05) is 49.4 Å². The summed E-state index contributed by atoms with van der Waals surface area (Å²) in [6.45, 7) is 5.70. The average Bonchev–Trinajstić information content (AvgIpc) is 3.47. The van der Waals surface area contributed by atoms with Crippen molar-refractivity contribution in [3.05, 3.63) is 59.3 Å². The highest BCUT2D eigenvalue weighted by atomic mass is 32.2. The van der Waals surface area contributed by atoms with Gasteiger partial charge >= 0.3 is 0 Å². The lowest BCUT2D eigenvalue weighted by atomic mass is 10.0. The summed E-state index contributed by atoms with van der Waals surface area (Å²) in [7, 11) is 2.13. The summed E-state index contributed by atoms with van der Waals surface area (Å²) < 4.78 is 0. The Morgan fingerprint density at radius 1 is 1.11 bits per heavy atom. The molecule has 2 aromatic heterocycles. The van der Waals surface area contributed by atoms with Crippen LogP contribution in [0.25, 0.3) is 0 Å². The minimum absolute atomic E-state index is 0.0255. The van der Waals surface area contributed by atoms with Crippen LogP contribution in [0.1, 0.15) is 30.2 Å². The summed E-state index contributed by atoms with van der Waals surface area (Å²) in [6.07, 6.45) is 2.14. The Morgan fingerprint density at radius 2 is 1.89 bits per heavy atom. The van der Waals surface area contributed by atoms with E-state index in [1.165, 1.54) is 11.8 Å². The molecule has 1 atom stereocenters. The number of H-pyrrole nitrogens is 1. The molecule has 10 heteroatoms. The van der Waals surface area contributed by atoms with E-state index in [2.05, 4.69) is 32.4 Å². The number of hydrogen-bond acceptors (Lipinski definition) is 9. The maximum atomic E-state index is 12.0. The van der Waals surface area contributed by atoms with Gasteiger partial charge in [0.15, 0.2) is 10.9 Å². The molecule has 1 aliphatic heterocycles. The summed E-state index contributed by atoms with van der Waals surface area (Å²) in [5, 5.41) is 21.7. The van der Waals surface area contributed by atoms with Crippen LogP contribution in [-0.4, -0.2) is 69.2 Å². The van der Waals surface area contributed by atoms with Gasteiger partial charge < -0.3 is 20.2 Å². The molecule has 0 bridgehead atoms. The SMILES string of the molecule is Cc1cc(Nc2cc(N3CCN(C)CC3)nc(Sc3ccc(C(O)C4=CCCC4=O)cc3)n2)[nH]n1. The highest BCUT2D eigenvalue weighted by Crippen LogP contribution is 2.32. The van der Waals surface area contributed by atoms with Crippen molar-refractivity contribution >= 4 is 35.0 Å². The monoisotopic (exact) mass is 491 g/mol. The third kappa shape index (κ3) is 5.55. The number of likely N-dealkylation sites (N-methyl/N-ethyl adjacent to an activating group) is 1. The van der Waals surface area contributed by atoms with E-state index in [1.54, 1.807) is 0 Å². The standard InChI is InChI=1S/C25H29N7O2S/c1-16-14-22(30-29-16)26-21-15-23(32-12-10-31(2)11-13-32)28-25(27-21)35-18-8-6-17(7-9-18)24(34)19-4-3-5-20(19)33/h4,6-9,14-15,24,34H,3,5,10-13H2,1-2H3,(H2,26,27,28,29,30). The number of piperazine rings is 1. The second-order valence-corrected chi connectivity index (χ2v) is 9.97. The van der Waals surface area contributed by atoms with Gasteiger partial charge in [0.25, 0.3) is 0 Å². The first-order chi connectivity index (χ1) is 16.9. The highest BCUT2D eigenvalue weighted by Gasteiger charge is 2.23. The largest absolute Gasteiger partial charge is 0.384 e. The maximum absolute atomic E-state index is 12.0. The van der Waals surface area contributed by atoms with Gasteiger partial charge in [-0.25, -0.2) is 9.97 Å². The Bertz CT molecular complexity index is 1230. The lowest BCUT2D eigenvalue weighted by molar-refractivity contribution is -0.115. The van der Waals surface area contributed by atoms with E-state index in [9.17, 15) is 9.90 Å². The number of hydrogen-bond donors (Lipinski definition) is 3. The summed E-state index contributed by atoms with van der Waals surface area (Å²) in [5.74, 6) is 2.38. The van der Waals surface area contributed by atoms with Crippen molar-refractivity contribution in [2.45, 2.75) is 35.9 Å². The maximum Gasteiger partial charge on any atom is 0.196 e. The number of benzene rings is 1. The van der Waals surface area contributed by atoms with Crippen molar-refractivity contribution < 1.29 is 9.90 Å². The predicted molar refractivity (Wildman–Crippen MR) is 136 cm³/mol. The number of carbonyl (C=O) groups excluding carboxylic acids is 1. The van der Waals surface area contributed by atoms with E-state index in [-0.39, 0.29) is 5.78 Å². The topological polar surface area (TPSA) is 110 Å². The van der Waals surface area contributed by atoms with Crippen LogP contribution in [-0.2, 0) is 4.79 Å². The first-order valence-corrected chi connectivity index (χ1v) is 12.6. The van der Waals surface area contributed by atoms with Crippen LogP contribution >= 0.6 is 11.8 Å². The van der Waals surface area contributed by atoms with Gasteiger partial charge in [0.2, 0.25) is 0 Å². The molecule has 182 valence electrons. The molecule has 3 aromatic rings. The third-order valence-electron chi connectivity index (χ3n) is 6.25. The van der Waals surface area contributed by atoms with Crippen molar-refractivity contribution in [2.24, 2.45) is 0 Å². The molecule has 0 amide bonds. The van der Waals surface area contributed by atoms with Crippen LogP contribution in [0.4, 0.5) is 17.5 Å². The van der Waals surface area contributed by atoms with E-state index in [4.69, 9.17) is 9.97 Å². The molecule has 1 aliphatic carbocycles. The molecule has 0 radical (unpaired) electrons. The summed E-state index contributed by atoms with van der Waals surface area (Å²) >= 11 is 1.46. The van der Waals surface area contributed by atoms with Crippen LogP contribution in [0.15, 0.2) is 58.1 Å². The van der Waals surface area contributed by atoms with E-state index in [0.29, 0.717) is 35.0 Å². The molecule has 35 heavy (non-hydrogen) atoms. The molecule has 5 rings (SSSR count). The van der Waals surface area contributed by atoms with Crippen LogP contribution in [0.2, 0.25) is 0 Å². The van der Waals surface area contributed by atoms with Gasteiger partial charge in [-0.15, -0.1) is 0 Å². The number of allylic oxidation sites excluding steroid dienone is 1. The number of nitrogens with one attached hydrogen (secondary N) is 2. The fourth-order valence-corrected chi connectivity index (χ4v) is 4.99. The molecule has 1 saturated heterocycles. The number of Topliss-reactive ketones (excluding diaryl/α,β-unsaturated/α-hetero) is 1. The first kappa shape index (κ1) is 23.5. The molecular weight excluding hydrogens is 462 g/mol. The zero-order chi connectivity index (χ0) is 24.4. The van der Waals surface area contributed by atoms with E-state index < -0.39 is 6.10 Å². The minimum atomic E-state index is -0.880. The summed E-state index contributed by atoms with van der Waals surface area (Å²) in [5.41, 5.74) is 2.10. The van der Waals surface area contributed by atoms with Gasteiger partial charge in [-0.2, -0.15) is 5.10 Å². The number of carbonyl (C=O) groups is 1. The van der Waals surface area contributed by atoms with Crippen LogP contribution in [0.3, 0.4) is 0 Å². The number of rotatable bonds is 7. The number of aromatic amines is 1. The van der Waals surface area contributed by atoms with Crippen molar-refractivity contribution in [3.8, 4) is 0 Å². The molecule has 9 nitrogen and oxygen atoms in total. The van der Waals surface area contributed by atoms with Gasteiger partial charge in [-0.05, 0) is 49.9 Å². The second-order valence-electron chi connectivity index (χ2n) is 8.93. The Morgan fingerprint density at radius 3 is 2.54 bits per heavy atom. The van der Waals surface area contributed by atoms with Crippen LogP contribution in [0.5, 0.6) is 0 Å². The third-order valence-corrected chi connectivity index (χ3v) is 7.12. The first-order valence-electron chi connectivity index (χ1n) is 11.8. The van der Waals surface area contributed by atoms with Gasteiger partial charge in [-0.3, -0.25) is 9.89 Å². The molecule has 2 aliphatic rings. The lowest BCUT2D eigenvalue weighted by Crippen LogP contribution is -2.44. The molecule has 1 aromatic carbocycles. The number of anilines is 3. The molecule has 0 saturated carbocycles. The van der Waals surface area contributed by atoms with Gasteiger partial charge in [0.05, 0.1) is 5.69 Å². The Kier molecular flexibility index (Phi) is 6.85.